The fraction of sp³-hybridized carbons (Fsp3) is 0.947. The Morgan fingerprint density at radius 2 is 1.33 bits per heavy atom. The van der Waals surface area contributed by atoms with Gasteiger partial charge in [0.05, 0.1) is 5.41 Å². The monoisotopic (exact) mass is 296 g/mol. The van der Waals surface area contributed by atoms with Crippen molar-refractivity contribution in [3.05, 3.63) is 0 Å². The molecule has 124 valence electrons. The Labute approximate surface area is 131 Å². The summed E-state index contributed by atoms with van der Waals surface area (Å²) in [6, 6.07) is 0. The van der Waals surface area contributed by atoms with Crippen molar-refractivity contribution < 1.29 is 9.90 Å². The first-order chi connectivity index (χ1) is 10.1. The van der Waals surface area contributed by atoms with Crippen molar-refractivity contribution in [1.82, 2.24) is 0 Å². The lowest BCUT2D eigenvalue weighted by Gasteiger charge is -2.20. The summed E-state index contributed by atoms with van der Waals surface area (Å²) in [5.41, 5.74) is -0.267. The van der Waals surface area contributed by atoms with Crippen LogP contribution in [0.2, 0.25) is 0 Å². The second kappa shape index (κ2) is 8.80. The Balaban J connectivity index is 2.15. The molecule has 1 aliphatic rings. The maximum atomic E-state index is 11.7. The zero-order chi connectivity index (χ0) is 15.8. The molecule has 2 heteroatoms. The van der Waals surface area contributed by atoms with Crippen LogP contribution in [0.5, 0.6) is 0 Å². The normalized spacial score (nSPS) is 23.2. The smallest absolute Gasteiger partial charge is 0.310 e. The van der Waals surface area contributed by atoms with Crippen molar-refractivity contribution >= 4 is 5.97 Å². The molecular formula is C19H36O2. The molecule has 1 unspecified atom stereocenters. The summed E-state index contributed by atoms with van der Waals surface area (Å²) >= 11 is 0. The van der Waals surface area contributed by atoms with Crippen molar-refractivity contribution in [3.63, 3.8) is 0 Å². The Bertz CT molecular complexity index is 307. The molecule has 1 saturated carbocycles. The Kier molecular flexibility index (Phi) is 7.76. The van der Waals surface area contributed by atoms with Crippen LogP contribution in [0.25, 0.3) is 0 Å². The number of rotatable bonds is 13. The highest BCUT2D eigenvalue weighted by Gasteiger charge is 2.69. The zero-order valence-corrected chi connectivity index (χ0v) is 14.5. The fourth-order valence-electron chi connectivity index (χ4n) is 4.21. The molecule has 2 nitrogen and oxygen atoms in total. The van der Waals surface area contributed by atoms with Crippen LogP contribution in [0.4, 0.5) is 0 Å². The lowest BCUT2D eigenvalue weighted by molar-refractivity contribution is -0.145. The minimum Gasteiger partial charge on any atom is -0.481 e. The van der Waals surface area contributed by atoms with Gasteiger partial charge in [-0.05, 0) is 31.1 Å². The number of carboxylic acids is 1. The first-order valence-electron chi connectivity index (χ1n) is 9.32. The summed E-state index contributed by atoms with van der Waals surface area (Å²) in [4.78, 5) is 11.7. The predicted octanol–water partition coefficient (Wildman–Crippen LogP) is 6.19. The van der Waals surface area contributed by atoms with Gasteiger partial charge in [-0.15, -0.1) is 0 Å². The predicted molar refractivity (Wildman–Crippen MR) is 89.5 cm³/mol. The maximum absolute atomic E-state index is 11.7. The highest BCUT2D eigenvalue weighted by atomic mass is 16.4. The van der Waals surface area contributed by atoms with E-state index in [4.69, 9.17) is 0 Å². The standard InChI is InChI=1S/C19H36O2/c1-4-7-8-9-10-11-12-13-14-15-19(17(20)21)16-18(19,5-2)6-3/h4-16H2,1-3H3,(H,20,21). The van der Waals surface area contributed by atoms with Crippen LogP contribution in [0.3, 0.4) is 0 Å². The van der Waals surface area contributed by atoms with Gasteiger partial charge in [0.2, 0.25) is 0 Å². The van der Waals surface area contributed by atoms with E-state index in [2.05, 4.69) is 20.8 Å². The van der Waals surface area contributed by atoms with Crippen LogP contribution in [0.1, 0.15) is 104 Å². The highest BCUT2D eigenvalue weighted by Crippen LogP contribution is 2.70. The van der Waals surface area contributed by atoms with Gasteiger partial charge in [-0.2, -0.15) is 0 Å². The average molecular weight is 296 g/mol. The zero-order valence-electron chi connectivity index (χ0n) is 14.5. The molecule has 0 amide bonds. The molecule has 1 aliphatic carbocycles. The third kappa shape index (κ3) is 4.47. The molecule has 0 bridgehead atoms. The van der Waals surface area contributed by atoms with E-state index in [0.717, 1.165) is 32.1 Å². The third-order valence-electron chi connectivity index (χ3n) is 6.00. The van der Waals surface area contributed by atoms with Gasteiger partial charge in [0.25, 0.3) is 0 Å². The van der Waals surface area contributed by atoms with Crippen LogP contribution < -0.4 is 0 Å². The molecular weight excluding hydrogens is 260 g/mol. The number of aliphatic carboxylic acids is 1. The lowest BCUT2D eigenvalue weighted by Crippen LogP contribution is -2.23. The van der Waals surface area contributed by atoms with Gasteiger partial charge in [-0.25, -0.2) is 0 Å². The second-order valence-corrected chi connectivity index (χ2v) is 7.13. The van der Waals surface area contributed by atoms with Gasteiger partial charge in [0.1, 0.15) is 0 Å². The van der Waals surface area contributed by atoms with Crippen LogP contribution in [0, 0.1) is 10.8 Å². The van der Waals surface area contributed by atoms with Crippen molar-refractivity contribution in [2.45, 2.75) is 104 Å². The molecule has 1 atom stereocenters. The van der Waals surface area contributed by atoms with E-state index < -0.39 is 5.97 Å². The molecule has 1 N–H and O–H groups in total. The van der Waals surface area contributed by atoms with Gasteiger partial charge < -0.3 is 5.11 Å². The summed E-state index contributed by atoms with van der Waals surface area (Å²) in [6.45, 7) is 6.57. The maximum Gasteiger partial charge on any atom is 0.310 e. The van der Waals surface area contributed by atoms with E-state index in [1.807, 2.05) is 0 Å². The number of unbranched alkanes of at least 4 members (excludes halogenated alkanes) is 8. The van der Waals surface area contributed by atoms with Crippen molar-refractivity contribution in [2.24, 2.45) is 10.8 Å². The summed E-state index contributed by atoms with van der Waals surface area (Å²) in [6.07, 6.45) is 15.6. The summed E-state index contributed by atoms with van der Waals surface area (Å²) in [5, 5.41) is 9.62. The molecule has 0 aromatic rings. The van der Waals surface area contributed by atoms with Crippen LogP contribution in [-0.2, 0) is 4.79 Å². The first-order valence-corrected chi connectivity index (χ1v) is 9.32. The molecule has 0 aromatic heterocycles. The fourth-order valence-corrected chi connectivity index (χ4v) is 4.21. The van der Waals surface area contributed by atoms with Gasteiger partial charge in [0, 0.05) is 0 Å². The largest absolute Gasteiger partial charge is 0.481 e. The lowest BCUT2D eigenvalue weighted by atomic mass is 9.84. The number of carboxylic acid groups (broad SMARTS) is 1. The van der Waals surface area contributed by atoms with Crippen molar-refractivity contribution in [2.75, 3.05) is 0 Å². The highest BCUT2D eigenvalue weighted by molar-refractivity contribution is 5.80. The quantitative estimate of drug-likeness (QED) is 0.411. The average Bonchev–Trinajstić information content (AvgIpc) is 3.16. The molecule has 0 aliphatic heterocycles. The Morgan fingerprint density at radius 3 is 1.71 bits per heavy atom. The van der Waals surface area contributed by atoms with Gasteiger partial charge in [0.15, 0.2) is 0 Å². The van der Waals surface area contributed by atoms with Gasteiger partial charge >= 0.3 is 5.97 Å². The number of hydrogen-bond donors (Lipinski definition) is 1. The van der Waals surface area contributed by atoms with E-state index in [-0.39, 0.29) is 10.8 Å². The van der Waals surface area contributed by atoms with E-state index in [1.165, 1.54) is 51.4 Å². The minimum absolute atomic E-state index is 0.110. The van der Waals surface area contributed by atoms with Crippen LogP contribution >= 0.6 is 0 Å². The molecule has 1 rings (SSSR count). The second-order valence-electron chi connectivity index (χ2n) is 7.13. The Morgan fingerprint density at radius 1 is 0.857 bits per heavy atom. The van der Waals surface area contributed by atoms with Crippen molar-refractivity contribution in [3.8, 4) is 0 Å². The van der Waals surface area contributed by atoms with Crippen LogP contribution in [0.15, 0.2) is 0 Å². The van der Waals surface area contributed by atoms with E-state index in [9.17, 15) is 9.90 Å². The molecule has 21 heavy (non-hydrogen) atoms. The molecule has 0 radical (unpaired) electrons. The van der Waals surface area contributed by atoms with Gasteiger partial charge in [-0.1, -0.05) is 78.6 Å². The molecule has 1 fully saturated rings. The summed E-state index contributed by atoms with van der Waals surface area (Å²) in [5.74, 6) is -0.536. The SMILES string of the molecule is CCCCCCCCCCCC1(C(=O)O)CC1(CC)CC. The van der Waals surface area contributed by atoms with Crippen LogP contribution in [-0.4, -0.2) is 11.1 Å². The van der Waals surface area contributed by atoms with E-state index in [1.54, 1.807) is 0 Å². The molecule has 0 saturated heterocycles. The number of carbonyl (C=O) groups is 1. The first kappa shape index (κ1) is 18.5. The molecule has 0 heterocycles. The summed E-state index contributed by atoms with van der Waals surface area (Å²) in [7, 11) is 0. The van der Waals surface area contributed by atoms with E-state index >= 15 is 0 Å². The van der Waals surface area contributed by atoms with E-state index in [0.29, 0.717) is 0 Å². The molecule has 0 aromatic carbocycles. The third-order valence-corrected chi connectivity index (χ3v) is 6.00. The topological polar surface area (TPSA) is 37.3 Å². The van der Waals surface area contributed by atoms with Crippen molar-refractivity contribution in [1.29, 1.82) is 0 Å². The summed E-state index contributed by atoms with van der Waals surface area (Å²) < 4.78 is 0. The van der Waals surface area contributed by atoms with Gasteiger partial charge in [-0.3, -0.25) is 4.79 Å². The number of hydrogen-bond acceptors (Lipinski definition) is 1. The Hall–Kier alpha value is -0.530. The minimum atomic E-state index is -0.536. The molecule has 0 spiro atoms.